The van der Waals surface area contributed by atoms with Gasteiger partial charge in [0.05, 0.1) is 17.1 Å². The van der Waals surface area contributed by atoms with E-state index in [1.807, 2.05) is 24.3 Å². The molecule has 1 aliphatic heterocycles. The Morgan fingerprint density at radius 1 is 0.828 bits per heavy atom. The van der Waals surface area contributed by atoms with E-state index in [0.29, 0.717) is 5.56 Å². The highest BCUT2D eigenvalue weighted by molar-refractivity contribution is 5.85. The minimum Gasteiger partial charge on any atom is -0.355 e. The summed E-state index contributed by atoms with van der Waals surface area (Å²) in [6.07, 6.45) is 5.39. The summed E-state index contributed by atoms with van der Waals surface area (Å²) in [5.74, 6) is 1.10. The first kappa shape index (κ1) is 18.1. The van der Waals surface area contributed by atoms with Gasteiger partial charge in [-0.2, -0.15) is 5.26 Å². The third-order valence-corrected chi connectivity index (χ3v) is 6.47. The Balaban J connectivity index is 1.35. The highest BCUT2D eigenvalue weighted by atomic mass is 15.3. The molecular weight excluding hydrogens is 356 g/mol. The molecular formula is C25H26N4. The van der Waals surface area contributed by atoms with Crippen molar-refractivity contribution >= 4 is 16.7 Å². The van der Waals surface area contributed by atoms with Crippen LogP contribution in [0.2, 0.25) is 0 Å². The number of benzene rings is 2. The lowest BCUT2D eigenvalue weighted by atomic mass is 9.91. The van der Waals surface area contributed by atoms with Gasteiger partial charge in [-0.15, -0.1) is 0 Å². The molecule has 0 bridgehead atoms. The topological polar surface area (TPSA) is 43.2 Å². The summed E-state index contributed by atoms with van der Waals surface area (Å²) in [7, 11) is 0. The van der Waals surface area contributed by atoms with Crippen LogP contribution in [-0.2, 0) is 0 Å². The molecule has 3 aromatic rings. The fourth-order valence-electron chi connectivity index (χ4n) is 4.49. The first-order valence-electron chi connectivity index (χ1n) is 10.7. The van der Waals surface area contributed by atoms with Crippen molar-refractivity contribution < 1.29 is 0 Å². The molecule has 0 radical (unpaired) electrons. The van der Waals surface area contributed by atoms with Crippen molar-refractivity contribution in [2.24, 2.45) is 0 Å². The maximum atomic E-state index is 8.98. The molecule has 1 saturated carbocycles. The molecule has 1 aliphatic carbocycles. The molecule has 4 heteroatoms. The Labute approximate surface area is 172 Å². The molecule has 0 unspecified atom stereocenters. The molecule has 1 aromatic heterocycles. The number of nitrogens with zero attached hydrogens (tertiary/aromatic N) is 4. The molecule has 0 N–H and O–H groups in total. The van der Waals surface area contributed by atoms with Crippen LogP contribution in [0.15, 0.2) is 54.6 Å². The van der Waals surface area contributed by atoms with E-state index in [1.54, 1.807) is 0 Å². The van der Waals surface area contributed by atoms with E-state index in [-0.39, 0.29) is 0 Å². The lowest BCUT2D eigenvalue weighted by Crippen LogP contribution is -2.42. The van der Waals surface area contributed by atoms with Gasteiger partial charge in [0.15, 0.2) is 0 Å². The van der Waals surface area contributed by atoms with Gasteiger partial charge in [0.25, 0.3) is 0 Å². The molecule has 4 nitrogen and oxygen atoms in total. The first-order valence-corrected chi connectivity index (χ1v) is 10.7. The second-order valence-corrected chi connectivity index (χ2v) is 8.23. The fraction of sp³-hybridized carbons (Fsp3) is 0.360. The number of hydrogen-bond donors (Lipinski definition) is 0. The SMILES string of the molecule is N#Cc1ccc(-c2ccc3nc(N4CCCN(C5CCC5)CC4)ccc3c2)cc1. The van der Waals surface area contributed by atoms with Gasteiger partial charge in [-0.25, -0.2) is 4.98 Å². The Morgan fingerprint density at radius 3 is 2.41 bits per heavy atom. The molecule has 2 heterocycles. The van der Waals surface area contributed by atoms with Crippen molar-refractivity contribution in [1.29, 1.82) is 5.26 Å². The van der Waals surface area contributed by atoms with Crippen molar-refractivity contribution in [2.45, 2.75) is 31.7 Å². The van der Waals surface area contributed by atoms with E-state index >= 15 is 0 Å². The number of pyridine rings is 1. The van der Waals surface area contributed by atoms with Crippen LogP contribution in [0.4, 0.5) is 5.82 Å². The van der Waals surface area contributed by atoms with Gasteiger partial charge < -0.3 is 4.90 Å². The van der Waals surface area contributed by atoms with Gasteiger partial charge in [-0.05, 0) is 66.8 Å². The zero-order chi connectivity index (χ0) is 19.6. The molecule has 0 spiro atoms. The van der Waals surface area contributed by atoms with Gasteiger partial charge >= 0.3 is 0 Å². The first-order chi connectivity index (χ1) is 14.3. The predicted molar refractivity (Wildman–Crippen MR) is 118 cm³/mol. The van der Waals surface area contributed by atoms with Gasteiger partial charge in [0.1, 0.15) is 5.82 Å². The zero-order valence-corrected chi connectivity index (χ0v) is 16.7. The maximum absolute atomic E-state index is 8.98. The summed E-state index contributed by atoms with van der Waals surface area (Å²) in [6.45, 7) is 4.54. The van der Waals surface area contributed by atoms with Crippen molar-refractivity contribution in [3.8, 4) is 17.2 Å². The summed E-state index contributed by atoms with van der Waals surface area (Å²) in [6, 6.07) is 21.6. The van der Waals surface area contributed by atoms with E-state index < -0.39 is 0 Å². The zero-order valence-electron chi connectivity index (χ0n) is 16.7. The monoisotopic (exact) mass is 382 g/mol. The Morgan fingerprint density at radius 2 is 1.66 bits per heavy atom. The van der Waals surface area contributed by atoms with Crippen LogP contribution in [0.3, 0.4) is 0 Å². The lowest BCUT2D eigenvalue weighted by molar-refractivity contribution is 0.136. The van der Waals surface area contributed by atoms with Crippen LogP contribution < -0.4 is 4.90 Å². The van der Waals surface area contributed by atoms with Gasteiger partial charge in [0.2, 0.25) is 0 Å². The molecule has 0 atom stereocenters. The number of nitriles is 1. The molecule has 2 aromatic carbocycles. The second kappa shape index (κ2) is 7.85. The van der Waals surface area contributed by atoms with E-state index in [9.17, 15) is 0 Å². The largest absolute Gasteiger partial charge is 0.355 e. The number of anilines is 1. The molecule has 0 amide bonds. The van der Waals surface area contributed by atoms with Crippen LogP contribution in [0.5, 0.6) is 0 Å². The minimum atomic E-state index is 0.689. The molecule has 5 rings (SSSR count). The Hall–Kier alpha value is -2.90. The van der Waals surface area contributed by atoms with E-state index in [0.717, 1.165) is 53.5 Å². The molecule has 1 saturated heterocycles. The minimum absolute atomic E-state index is 0.689. The van der Waals surface area contributed by atoms with Crippen molar-refractivity contribution in [3.63, 3.8) is 0 Å². The number of fused-ring (bicyclic) bond motifs is 1. The van der Waals surface area contributed by atoms with Crippen LogP contribution in [-0.4, -0.2) is 42.1 Å². The normalized spacial score (nSPS) is 18.2. The third kappa shape index (κ3) is 3.71. The summed E-state index contributed by atoms with van der Waals surface area (Å²) < 4.78 is 0. The quantitative estimate of drug-likeness (QED) is 0.650. The van der Waals surface area contributed by atoms with Crippen LogP contribution in [0, 0.1) is 11.3 Å². The Bertz CT molecular complexity index is 1050. The Kier molecular flexibility index (Phi) is 4.91. The number of hydrogen-bond acceptors (Lipinski definition) is 4. The van der Waals surface area contributed by atoms with Crippen molar-refractivity contribution in [1.82, 2.24) is 9.88 Å². The van der Waals surface area contributed by atoms with Gasteiger partial charge in [0, 0.05) is 37.6 Å². The summed E-state index contributed by atoms with van der Waals surface area (Å²) >= 11 is 0. The molecule has 146 valence electrons. The molecule has 2 fully saturated rings. The van der Waals surface area contributed by atoms with E-state index in [1.165, 1.54) is 32.2 Å². The van der Waals surface area contributed by atoms with Crippen LogP contribution >= 0.6 is 0 Å². The average Bonchev–Trinajstić information content (AvgIpc) is 2.98. The second-order valence-electron chi connectivity index (χ2n) is 8.23. The van der Waals surface area contributed by atoms with Crippen molar-refractivity contribution in [3.05, 3.63) is 60.2 Å². The highest BCUT2D eigenvalue weighted by Gasteiger charge is 2.26. The standard InChI is InChI=1S/C25H26N4/c26-18-19-5-7-20(8-6-19)21-9-11-24-22(17-21)10-12-25(27-24)29-14-2-13-28(15-16-29)23-3-1-4-23/h5-12,17,23H,1-4,13-16H2. The molecule has 29 heavy (non-hydrogen) atoms. The summed E-state index contributed by atoms with van der Waals surface area (Å²) in [5.41, 5.74) is 4.01. The van der Waals surface area contributed by atoms with Crippen LogP contribution in [0.25, 0.3) is 22.0 Å². The van der Waals surface area contributed by atoms with E-state index in [2.05, 4.69) is 46.2 Å². The van der Waals surface area contributed by atoms with Crippen molar-refractivity contribution in [2.75, 3.05) is 31.1 Å². The number of rotatable bonds is 3. The summed E-state index contributed by atoms with van der Waals surface area (Å²) in [4.78, 5) is 10.1. The van der Waals surface area contributed by atoms with Gasteiger partial charge in [-0.3, -0.25) is 4.90 Å². The van der Waals surface area contributed by atoms with E-state index in [4.69, 9.17) is 10.2 Å². The highest BCUT2D eigenvalue weighted by Crippen LogP contribution is 2.28. The predicted octanol–water partition coefficient (Wildman–Crippen LogP) is 4.84. The van der Waals surface area contributed by atoms with Crippen LogP contribution in [0.1, 0.15) is 31.2 Å². The molecule has 2 aliphatic rings. The fourth-order valence-corrected chi connectivity index (χ4v) is 4.49. The van der Waals surface area contributed by atoms with Gasteiger partial charge in [-0.1, -0.05) is 24.6 Å². The third-order valence-electron chi connectivity index (χ3n) is 6.47. The smallest absolute Gasteiger partial charge is 0.129 e. The lowest BCUT2D eigenvalue weighted by Gasteiger charge is -2.36. The summed E-state index contributed by atoms with van der Waals surface area (Å²) in [5, 5.41) is 10.1. The average molecular weight is 383 g/mol. The number of aromatic nitrogens is 1. The maximum Gasteiger partial charge on any atom is 0.129 e.